The third-order valence-corrected chi connectivity index (χ3v) is 4.97. The highest BCUT2D eigenvalue weighted by Crippen LogP contribution is 2.29. The summed E-state index contributed by atoms with van der Waals surface area (Å²) in [4.78, 5) is 26.5. The van der Waals surface area contributed by atoms with Gasteiger partial charge >= 0.3 is 5.97 Å². The lowest BCUT2D eigenvalue weighted by Gasteiger charge is -2.22. The zero-order valence-corrected chi connectivity index (χ0v) is 16.6. The number of esters is 1. The van der Waals surface area contributed by atoms with Gasteiger partial charge in [0.2, 0.25) is 10.0 Å². The van der Waals surface area contributed by atoms with E-state index in [1.54, 1.807) is 30.3 Å². The van der Waals surface area contributed by atoms with E-state index in [1.807, 2.05) is 0 Å². The third-order valence-electron chi connectivity index (χ3n) is 4.38. The summed E-state index contributed by atoms with van der Waals surface area (Å²) in [5.41, 5.74) is 0.456. The summed E-state index contributed by atoms with van der Waals surface area (Å²) in [5, 5.41) is 0. The molecule has 9 heteroatoms. The van der Waals surface area contributed by atoms with Crippen LogP contribution in [0.4, 0.5) is 10.1 Å². The number of rotatable bonds is 8. The van der Waals surface area contributed by atoms with Gasteiger partial charge < -0.3 is 9.64 Å². The summed E-state index contributed by atoms with van der Waals surface area (Å²) in [5.74, 6) is -1.66. The zero-order chi connectivity index (χ0) is 21.0. The minimum absolute atomic E-state index is 0.00000421. The maximum absolute atomic E-state index is 13.9. The van der Waals surface area contributed by atoms with Gasteiger partial charge in [-0.15, -0.1) is 0 Å². The first-order chi connectivity index (χ1) is 13.7. The van der Waals surface area contributed by atoms with Crippen LogP contribution in [0.3, 0.4) is 0 Å². The topological polar surface area (TPSA) is 92.8 Å². The monoisotopic (exact) mass is 420 g/mol. The quantitative estimate of drug-likeness (QED) is 0.663. The molecule has 1 amide bonds. The van der Waals surface area contributed by atoms with E-state index in [1.165, 1.54) is 23.1 Å². The third kappa shape index (κ3) is 5.77. The number of para-hydroxylation sites is 1. The Hall–Kier alpha value is -2.94. The van der Waals surface area contributed by atoms with Crippen LogP contribution >= 0.6 is 0 Å². The molecular formula is C20H21FN2O5S. The molecule has 7 nitrogen and oxygen atoms in total. The number of hydrogen-bond acceptors (Lipinski definition) is 5. The highest BCUT2D eigenvalue weighted by atomic mass is 32.2. The average Bonchev–Trinajstić information content (AvgIpc) is 3.49. The second-order valence-corrected chi connectivity index (χ2v) is 8.59. The maximum Gasteiger partial charge on any atom is 0.340 e. The molecule has 1 N–H and O–H groups in total. The molecule has 0 saturated heterocycles. The van der Waals surface area contributed by atoms with Gasteiger partial charge in [0.05, 0.1) is 17.5 Å². The van der Waals surface area contributed by atoms with Gasteiger partial charge in [-0.1, -0.05) is 30.3 Å². The minimum Gasteiger partial charge on any atom is -0.452 e. The fraction of sp³-hybridized carbons (Fsp3) is 0.300. The minimum atomic E-state index is -3.59. The van der Waals surface area contributed by atoms with Crippen molar-refractivity contribution in [2.75, 3.05) is 17.6 Å². The molecule has 0 bridgehead atoms. The number of nitrogens with one attached hydrogen (secondary N) is 1. The average molecular weight is 420 g/mol. The second kappa shape index (κ2) is 8.60. The predicted molar refractivity (Wildman–Crippen MR) is 105 cm³/mol. The van der Waals surface area contributed by atoms with Crippen LogP contribution in [-0.2, 0) is 26.1 Å². The zero-order valence-electron chi connectivity index (χ0n) is 15.8. The van der Waals surface area contributed by atoms with E-state index >= 15 is 0 Å². The number of amides is 1. The predicted octanol–water partition coefficient (Wildman–Crippen LogP) is 2.55. The number of carbonyl (C=O) groups is 2. The van der Waals surface area contributed by atoms with E-state index < -0.39 is 34.3 Å². The highest BCUT2D eigenvalue weighted by molar-refractivity contribution is 7.92. The maximum atomic E-state index is 13.9. The summed E-state index contributed by atoms with van der Waals surface area (Å²) >= 11 is 0. The molecule has 0 atom stereocenters. The van der Waals surface area contributed by atoms with Crippen molar-refractivity contribution in [2.45, 2.75) is 25.4 Å². The van der Waals surface area contributed by atoms with E-state index in [2.05, 4.69) is 4.72 Å². The first-order valence-corrected chi connectivity index (χ1v) is 10.9. The van der Waals surface area contributed by atoms with Gasteiger partial charge in [0.15, 0.2) is 6.61 Å². The fourth-order valence-corrected chi connectivity index (χ4v) is 3.43. The molecule has 1 aliphatic rings. The second-order valence-electron chi connectivity index (χ2n) is 6.84. The van der Waals surface area contributed by atoms with Crippen LogP contribution in [0.25, 0.3) is 0 Å². The Labute approximate surface area is 168 Å². The highest BCUT2D eigenvalue weighted by Gasteiger charge is 2.33. The molecule has 1 saturated carbocycles. The largest absolute Gasteiger partial charge is 0.452 e. The van der Waals surface area contributed by atoms with E-state index in [9.17, 15) is 22.4 Å². The SMILES string of the molecule is CS(=O)(=O)Nc1ccccc1C(=O)OCC(=O)N(Cc1ccccc1F)C1CC1. The number of benzene rings is 2. The molecule has 1 fully saturated rings. The summed E-state index contributed by atoms with van der Waals surface area (Å²) in [7, 11) is -3.59. The molecule has 0 heterocycles. The molecule has 0 aromatic heterocycles. The fourth-order valence-electron chi connectivity index (χ4n) is 2.86. The number of nitrogens with zero attached hydrogens (tertiary/aromatic N) is 1. The van der Waals surface area contributed by atoms with Crippen LogP contribution in [0.5, 0.6) is 0 Å². The van der Waals surface area contributed by atoms with Crippen molar-refractivity contribution >= 4 is 27.6 Å². The van der Waals surface area contributed by atoms with Crippen LogP contribution in [-0.4, -0.2) is 44.1 Å². The number of carbonyl (C=O) groups excluding carboxylic acids is 2. The Morgan fingerprint density at radius 3 is 2.45 bits per heavy atom. The van der Waals surface area contributed by atoms with E-state index in [-0.39, 0.29) is 23.8 Å². The lowest BCUT2D eigenvalue weighted by Crippen LogP contribution is -2.36. The summed E-state index contributed by atoms with van der Waals surface area (Å²) in [6, 6.07) is 12.2. The van der Waals surface area contributed by atoms with Crippen molar-refractivity contribution < 1.29 is 27.1 Å². The Balaban J connectivity index is 1.66. The van der Waals surface area contributed by atoms with Gasteiger partial charge in [-0.3, -0.25) is 9.52 Å². The Morgan fingerprint density at radius 2 is 1.79 bits per heavy atom. The Bertz CT molecular complexity index is 1020. The van der Waals surface area contributed by atoms with Crippen molar-refractivity contribution in [3.8, 4) is 0 Å². The molecule has 2 aromatic carbocycles. The Kier molecular flexibility index (Phi) is 6.17. The molecule has 2 aromatic rings. The number of ether oxygens (including phenoxy) is 1. The lowest BCUT2D eigenvalue weighted by molar-refractivity contribution is -0.135. The van der Waals surface area contributed by atoms with Gasteiger partial charge in [-0.25, -0.2) is 17.6 Å². The first-order valence-electron chi connectivity index (χ1n) is 9.01. The van der Waals surface area contributed by atoms with Crippen LogP contribution in [0.2, 0.25) is 0 Å². The summed E-state index contributed by atoms with van der Waals surface area (Å²) < 4.78 is 44.2. The van der Waals surface area contributed by atoms with Crippen LogP contribution < -0.4 is 4.72 Å². The summed E-state index contributed by atoms with van der Waals surface area (Å²) in [6.07, 6.45) is 2.60. The number of halogens is 1. The molecule has 3 rings (SSSR count). The van der Waals surface area contributed by atoms with Crippen LogP contribution in [0, 0.1) is 5.82 Å². The molecular weight excluding hydrogens is 399 g/mol. The van der Waals surface area contributed by atoms with E-state index in [0.717, 1.165) is 19.1 Å². The van der Waals surface area contributed by atoms with Crippen molar-refractivity contribution in [3.63, 3.8) is 0 Å². The standard InChI is InChI=1S/C20H21FN2O5S/c1-29(26,27)22-18-9-5-3-7-16(18)20(25)28-13-19(24)23(15-10-11-15)12-14-6-2-4-8-17(14)21/h2-9,15,22H,10-13H2,1H3. The smallest absolute Gasteiger partial charge is 0.340 e. The molecule has 0 spiro atoms. The van der Waals surface area contributed by atoms with Gasteiger partial charge in [0.1, 0.15) is 5.82 Å². The first kappa shape index (κ1) is 20.8. The number of sulfonamides is 1. The normalized spacial score (nSPS) is 13.6. The van der Waals surface area contributed by atoms with Crippen molar-refractivity contribution in [3.05, 3.63) is 65.5 Å². The van der Waals surface area contributed by atoms with Gasteiger partial charge in [-0.2, -0.15) is 0 Å². The molecule has 29 heavy (non-hydrogen) atoms. The van der Waals surface area contributed by atoms with Gasteiger partial charge in [0.25, 0.3) is 5.91 Å². The molecule has 0 radical (unpaired) electrons. The van der Waals surface area contributed by atoms with E-state index in [4.69, 9.17) is 4.74 Å². The molecule has 0 unspecified atom stereocenters. The van der Waals surface area contributed by atoms with E-state index in [0.29, 0.717) is 5.56 Å². The number of anilines is 1. The van der Waals surface area contributed by atoms with Crippen molar-refractivity contribution in [2.24, 2.45) is 0 Å². The van der Waals surface area contributed by atoms with Crippen molar-refractivity contribution in [1.29, 1.82) is 0 Å². The number of hydrogen-bond donors (Lipinski definition) is 1. The van der Waals surface area contributed by atoms with Gasteiger partial charge in [-0.05, 0) is 31.0 Å². The lowest BCUT2D eigenvalue weighted by atomic mass is 10.2. The van der Waals surface area contributed by atoms with Crippen LogP contribution in [0.15, 0.2) is 48.5 Å². The Morgan fingerprint density at radius 1 is 1.14 bits per heavy atom. The van der Waals surface area contributed by atoms with Gasteiger partial charge in [0, 0.05) is 18.2 Å². The van der Waals surface area contributed by atoms with Crippen LogP contribution in [0.1, 0.15) is 28.8 Å². The van der Waals surface area contributed by atoms with Crippen molar-refractivity contribution in [1.82, 2.24) is 4.90 Å². The molecule has 0 aliphatic heterocycles. The molecule has 1 aliphatic carbocycles. The molecule has 154 valence electrons. The summed E-state index contributed by atoms with van der Waals surface area (Å²) in [6.45, 7) is -0.420.